The van der Waals surface area contributed by atoms with Crippen molar-refractivity contribution in [2.24, 2.45) is 0 Å². The van der Waals surface area contributed by atoms with Crippen LogP contribution < -0.4 is 5.32 Å². The highest BCUT2D eigenvalue weighted by Crippen LogP contribution is 2.17. The maximum atomic E-state index is 5.96. The second-order valence-corrected chi connectivity index (χ2v) is 5.63. The number of hydrogen-bond acceptors (Lipinski definition) is 2. The van der Waals surface area contributed by atoms with Gasteiger partial charge < -0.3 is 10.1 Å². The largest absolute Gasteiger partial charge is 0.375 e. The van der Waals surface area contributed by atoms with E-state index in [1.54, 1.807) is 0 Å². The number of nitrogens with one attached hydrogen (secondary N) is 1. The number of halogens is 1. The van der Waals surface area contributed by atoms with Crippen molar-refractivity contribution in [3.05, 3.63) is 34.9 Å². The number of rotatable bonds is 5. The fourth-order valence-corrected chi connectivity index (χ4v) is 1.73. The Hall–Kier alpha value is -0.570. The van der Waals surface area contributed by atoms with E-state index >= 15 is 0 Å². The van der Waals surface area contributed by atoms with Crippen molar-refractivity contribution in [3.8, 4) is 0 Å². The molecule has 96 valence electrons. The molecule has 0 amide bonds. The van der Waals surface area contributed by atoms with Crippen LogP contribution in [-0.4, -0.2) is 18.8 Å². The Morgan fingerprint density at radius 3 is 2.65 bits per heavy atom. The second-order valence-electron chi connectivity index (χ2n) is 5.19. The minimum atomic E-state index is -0.0685. The van der Waals surface area contributed by atoms with Gasteiger partial charge in [0.05, 0.1) is 12.2 Å². The van der Waals surface area contributed by atoms with Crippen LogP contribution in [0.15, 0.2) is 24.3 Å². The third-order valence-corrected chi connectivity index (χ3v) is 2.67. The molecule has 1 N–H and O–H groups in total. The molecule has 0 unspecified atom stereocenters. The van der Waals surface area contributed by atoms with E-state index in [1.807, 2.05) is 18.2 Å². The van der Waals surface area contributed by atoms with E-state index in [9.17, 15) is 0 Å². The third kappa shape index (κ3) is 6.06. The van der Waals surface area contributed by atoms with Gasteiger partial charge in [-0.15, -0.1) is 0 Å². The summed E-state index contributed by atoms with van der Waals surface area (Å²) < 4.78 is 5.65. The maximum absolute atomic E-state index is 5.96. The molecule has 1 aromatic rings. The van der Waals surface area contributed by atoms with Gasteiger partial charge in [-0.2, -0.15) is 0 Å². The van der Waals surface area contributed by atoms with Gasteiger partial charge in [-0.1, -0.05) is 23.7 Å². The summed E-state index contributed by atoms with van der Waals surface area (Å²) in [5.74, 6) is 0. The van der Waals surface area contributed by atoms with E-state index in [0.29, 0.717) is 6.61 Å². The zero-order valence-electron chi connectivity index (χ0n) is 11.1. The standard InChI is InChI=1S/C14H22ClNO/c1-11(12-6-5-7-13(15)10-12)16-8-9-17-14(2,3)4/h5-7,10-11,16H,8-9H2,1-4H3/t11-/m0/s1. The summed E-state index contributed by atoms with van der Waals surface area (Å²) in [6, 6.07) is 8.22. The lowest BCUT2D eigenvalue weighted by atomic mass is 10.1. The summed E-state index contributed by atoms with van der Waals surface area (Å²) in [6.07, 6.45) is 0. The van der Waals surface area contributed by atoms with Crippen LogP contribution in [0.4, 0.5) is 0 Å². The average Bonchev–Trinajstić information content (AvgIpc) is 2.23. The first-order chi connectivity index (χ1) is 7.88. The first-order valence-electron chi connectivity index (χ1n) is 6.01. The normalized spacial score (nSPS) is 13.7. The van der Waals surface area contributed by atoms with Crippen molar-refractivity contribution in [1.82, 2.24) is 5.32 Å². The number of benzene rings is 1. The smallest absolute Gasteiger partial charge is 0.0599 e. The fraction of sp³-hybridized carbons (Fsp3) is 0.571. The van der Waals surface area contributed by atoms with Crippen LogP contribution in [0.1, 0.15) is 39.3 Å². The summed E-state index contributed by atoms with van der Waals surface area (Å²) in [4.78, 5) is 0. The molecule has 0 aliphatic heterocycles. The van der Waals surface area contributed by atoms with Gasteiger partial charge in [0.2, 0.25) is 0 Å². The Morgan fingerprint density at radius 2 is 2.06 bits per heavy atom. The molecule has 0 aliphatic carbocycles. The third-order valence-electron chi connectivity index (χ3n) is 2.44. The van der Waals surface area contributed by atoms with Crippen LogP contribution in [-0.2, 0) is 4.74 Å². The molecule has 1 rings (SSSR count). The van der Waals surface area contributed by atoms with E-state index in [4.69, 9.17) is 16.3 Å². The molecule has 0 saturated carbocycles. The quantitative estimate of drug-likeness (QED) is 0.808. The van der Waals surface area contributed by atoms with Crippen LogP contribution in [0.5, 0.6) is 0 Å². The molecule has 3 heteroatoms. The zero-order valence-corrected chi connectivity index (χ0v) is 11.8. The predicted molar refractivity (Wildman–Crippen MR) is 73.6 cm³/mol. The van der Waals surface area contributed by atoms with E-state index in [1.165, 1.54) is 5.56 Å². The molecule has 1 atom stereocenters. The highest BCUT2D eigenvalue weighted by atomic mass is 35.5. The van der Waals surface area contributed by atoms with Gasteiger partial charge in [0.1, 0.15) is 0 Å². The highest BCUT2D eigenvalue weighted by Gasteiger charge is 2.10. The minimum absolute atomic E-state index is 0.0685. The lowest BCUT2D eigenvalue weighted by Crippen LogP contribution is -2.28. The van der Waals surface area contributed by atoms with Crippen LogP contribution in [0.25, 0.3) is 0 Å². The fourth-order valence-electron chi connectivity index (χ4n) is 1.53. The van der Waals surface area contributed by atoms with Gasteiger partial charge in [-0.3, -0.25) is 0 Å². The van der Waals surface area contributed by atoms with Crippen molar-refractivity contribution < 1.29 is 4.74 Å². The van der Waals surface area contributed by atoms with E-state index in [0.717, 1.165) is 11.6 Å². The topological polar surface area (TPSA) is 21.3 Å². The van der Waals surface area contributed by atoms with Crippen LogP contribution in [0.2, 0.25) is 5.02 Å². The van der Waals surface area contributed by atoms with E-state index < -0.39 is 0 Å². The molecule has 2 nitrogen and oxygen atoms in total. The van der Waals surface area contributed by atoms with Crippen molar-refractivity contribution >= 4 is 11.6 Å². The van der Waals surface area contributed by atoms with Crippen molar-refractivity contribution in [2.75, 3.05) is 13.2 Å². The SMILES string of the molecule is C[C@H](NCCOC(C)(C)C)c1cccc(Cl)c1. The molecule has 0 bridgehead atoms. The van der Waals surface area contributed by atoms with Crippen molar-refractivity contribution in [2.45, 2.75) is 39.3 Å². The minimum Gasteiger partial charge on any atom is -0.375 e. The molecule has 0 spiro atoms. The molecule has 17 heavy (non-hydrogen) atoms. The molecule has 1 aromatic carbocycles. The predicted octanol–water partition coefficient (Wildman–Crippen LogP) is 3.81. The van der Waals surface area contributed by atoms with Gasteiger partial charge in [0.25, 0.3) is 0 Å². The monoisotopic (exact) mass is 255 g/mol. The molecular formula is C14H22ClNO. The molecule has 0 fully saturated rings. The first-order valence-corrected chi connectivity index (χ1v) is 6.39. The Kier molecular flexibility index (Phi) is 5.44. The number of hydrogen-bond donors (Lipinski definition) is 1. The Balaban J connectivity index is 2.33. The van der Waals surface area contributed by atoms with Gasteiger partial charge in [-0.25, -0.2) is 0 Å². The van der Waals surface area contributed by atoms with Gasteiger partial charge in [0.15, 0.2) is 0 Å². The van der Waals surface area contributed by atoms with Gasteiger partial charge in [0, 0.05) is 17.6 Å². The zero-order chi connectivity index (χ0) is 12.9. The lowest BCUT2D eigenvalue weighted by Gasteiger charge is -2.21. The summed E-state index contributed by atoms with van der Waals surface area (Å²) in [6.45, 7) is 9.87. The molecular weight excluding hydrogens is 234 g/mol. The molecule has 0 radical (unpaired) electrons. The van der Waals surface area contributed by atoms with Crippen LogP contribution >= 0.6 is 11.6 Å². The Morgan fingerprint density at radius 1 is 1.35 bits per heavy atom. The van der Waals surface area contributed by atoms with Crippen molar-refractivity contribution in [1.29, 1.82) is 0 Å². The number of ether oxygens (including phenoxy) is 1. The molecule has 0 heterocycles. The van der Waals surface area contributed by atoms with Crippen LogP contribution in [0, 0.1) is 0 Å². The maximum Gasteiger partial charge on any atom is 0.0599 e. The van der Waals surface area contributed by atoms with E-state index in [-0.39, 0.29) is 11.6 Å². The summed E-state index contributed by atoms with van der Waals surface area (Å²) in [7, 11) is 0. The van der Waals surface area contributed by atoms with Crippen molar-refractivity contribution in [3.63, 3.8) is 0 Å². The Bertz CT molecular complexity index is 346. The summed E-state index contributed by atoms with van der Waals surface area (Å²) in [5, 5.41) is 4.19. The second kappa shape index (κ2) is 6.39. The summed E-state index contributed by atoms with van der Waals surface area (Å²) >= 11 is 5.96. The first kappa shape index (κ1) is 14.5. The molecule has 0 aromatic heterocycles. The lowest BCUT2D eigenvalue weighted by molar-refractivity contribution is -0.00149. The van der Waals surface area contributed by atoms with Crippen LogP contribution in [0.3, 0.4) is 0 Å². The van der Waals surface area contributed by atoms with E-state index in [2.05, 4.69) is 39.1 Å². The highest BCUT2D eigenvalue weighted by molar-refractivity contribution is 6.30. The van der Waals surface area contributed by atoms with Gasteiger partial charge in [-0.05, 0) is 45.4 Å². The van der Waals surface area contributed by atoms with Gasteiger partial charge >= 0.3 is 0 Å². The molecule has 0 saturated heterocycles. The average molecular weight is 256 g/mol. The Labute approximate surface area is 109 Å². The molecule has 0 aliphatic rings. The summed E-state index contributed by atoms with van der Waals surface area (Å²) in [5.41, 5.74) is 1.13.